The quantitative estimate of drug-likeness (QED) is 0.785. The maximum atomic E-state index is 5.97. The van der Waals surface area contributed by atoms with Gasteiger partial charge in [-0.1, -0.05) is 18.5 Å². The van der Waals surface area contributed by atoms with Gasteiger partial charge in [0.25, 0.3) is 0 Å². The molecule has 0 saturated carbocycles. The second-order valence-electron chi connectivity index (χ2n) is 4.48. The van der Waals surface area contributed by atoms with Gasteiger partial charge in [0.05, 0.1) is 6.04 Å². The molecule has 0 saturated heterocycles. The van der Waals surface area contributed by atoms with Gasteiger partial charge in [-0.25, -0.2) is 0 Å². The predicted octanol–water partition coefficient (Wildman–Crippen LogP) is 5.45. The standard InChI is InChI=1S/C15H18ClNS/c1-4-13-6-8-15(18-13)11(3)17-14-7-5-12(16)9-10(14)2/h5-9,11,17H,4H2,1-3H3. The smallest absolute Gasteiger partial charge is 0.0578 e. The summed E-state index contributed by atoms with van der Waals surface area (Å²) in [6.07, 6.45) is 1.11. The third kappa shape index (κ3) is 3.06. The van der Waals surface area contributed by atoms with E-state index in [0.29, 0.717) is 6.04 Å². The minimum absolute atomic E-state index is 0.329. The highest BCUT2D eigenvalue weighted by Crippen LogP contribution is 2.28. The van der Waals surface area contributed by atoms with Crippen LogP contribution >= 0.6 is 22.9 Å². The highest BCUT2D eigenvalue weighted by molar-refractivity contribution is 7.12. The van der Waals surface area contributed by atoms with Crippen molar-refractivity contribution in [3.8, 4) is 0 Å². The zero-order valence-corrected chi connectivity index (χ0v) is 12.5. The molecule has 1 aromatic heterocycles. The fourth-order valence-corrected chi connectivity index (χ4v) is 3.09. The zero-order valence-electron chi connectivity index (χ0n) is 11.0. The molecule has 0 amide bonds. The van der Waals surface area contributed by atoms with E-state index in [1.54, 1.807) is 0 Å². The Balaban J connectivity index is 2.13. The maximum absolute atomic E-state index is 5.97. The van der Waals surface area contributed by atoms with Gasteiger partial charge < -0.3 is 5.32 Å². The molecule has 0 bridgehead atoms. The van der Waals surface area contributed by atoms with Crippen LogP contribution in [0.4, 0.5) is 5.69 Å². The number of benzene rings is 1. The van der Waals surface area contributed by atoms with Crippen molar-refractivity contribution in [2.75, 3.05) is 5.32 Å². The molecule has 18 heavy (non-hydrogen) atoms. The lowest BCUT2D eigenvalue weighted by molar-refractivity contribution is 0.905. The van der Waals surface area contributed by atoms with Crippen molar-refractivity contribution in [3.05, 3.63) is 50.7 Å². The van der Waals surface area contributed by atoms with Crippen molar-refractivity contribution in [1.82, 2.24) is 0 Å². The van der Waals surface area contributed by atoms with Crippen molar-refractivity contribution >= 4 is 28.6 Å². The van der Waals surface area contributed by atoms with E-state index < -0.39 is 0 Å². The van der Waals surface area contributed by atoms with Gasteiger partial charge in [0.2, 0.25) is 0 Å². The molecule has 3 heteroatoms. The summed E-state index contributed by atoms with van der Waals surface area (Å²) < 4.78 is 0. The Morgan fingerprint density at radius 3 is 2.67 bits per heavy atom. The highest BCUT2D eigenvalue weighted by atomic mass is 35.5. The average molecular weight is 280 g/mol. The summed E-state index contributed by atoms with van der Waals surface area (Å²) in [5.74, 6) is 0. The molecule has 1 atom stereocenters. The van der Waals surface area contributed by atoms with Gasteiger partial charge in [0, 0.05) is 20.5 Å². The van der Waals surface area contributed by atoms with Gasteiger partial charge in [0.1, 0.15) is 0 Å². The molecule has 0 aliphatic carbocycles. The molecule has 2 aromatic rings. The summed E-state index contributed by atoms with van der Waals surface area (Å²) in [7, 11) is 0. The summed E-state index contributed by atoms with van der Waals surface area (Å²) in [6, 6.07) is 10.7. The van der Waals surface area contributed by atoms with Crippen LogP contribution < -0.4 is 5.32 Å². The third-order valence-corrected chi connectivity index (χ3v) is 4.67. The van der Waals surface area contributed by atoms with Crippen LogP contribution in [0.5, 0.6) is 0 Å². The van der Waals surface area contributed by atoms with Gasteiger partial charge in [0.15, 0.2) is 0 Å². The Morgan fingerprint density at radius 2 is 2.06 bits per heavy atom. The van der Waals surface area contributed by atoms with Crippen molar-refractivity contribution in [2.45, 2.75) is 33.2 Å². The van der Waals surface area contributed by atoms with Crippen molar-refractivity contribution in [2.24, 2.45) is 0 Å². The Bertz CT molecular complexity index is 533. The summed E-state index contributed by atoms with van der Waals surface area (Å²) in [4.78, 5) is 2.81. The molecule has 0 fully saturated rings. The second kappa shape index (κ2) is 5.77. The fourth-order valence-electron chi connectivity index (χ4n) is 1.91. The summed E-state index contributed by atoms with van der Waals surface area (Å²) >= 11 is 7.85. The molecule has 0 spiro atoms. The van der Waals surface area contributed by atoms with Crippen LogP contribution in [-0.4, -0.2) is 0 Å². The van der Waals surface area contributed by atoms with Crippen LogP contribution in [0, 0.1) is 6.92 Å². The van der Waals surface area contributed by atoms with E-state index in [4.69, 9.17) is 11.6 Å². The molecule has 1 heterocycles. The molecule has 1 N–H and O–H groups in total. The second-order valence-corrected chi connectivity index (χ2v) is 6.12. The van der Waals surface area contributed by atoms with Gasteiger partial charge in [-0.15, -0.1) is 11.3 Å². The molecule has 1 unspecified atom stereocenters. The van der Waals surface area contributed by atoms with E-state index in [9.17, 15) is 0 Å². The number of rotatable bonds is 4. The highest BCUT2D eigenvalue weighted by Gasteiger charge is 2.09. The lowest BCUT2D eigenvalue weighted by Crippen LogP contribution is -2.05. The van der Waals surface area contributed by atoms with Gasteiger partial charge in [-0.2, -0.15) is 0 Å². The van der Waals surface area contributed by atoms with Crippen LogP contribution in [0.1, 0.15) is 35.2 Å². The normalized spacial score (nSPS) is 12.4. The predicted molar refractivity (Wildman–Crippen MR) is 81.9 cm³/mol. The zero-order chi connectivity index (χ0) is 13.1. The first kappa shape index (κ1) is 13.4. The van der Waals surface area contributed by atoms with Gasteiger partial charge in [-0.3, -0.25) is 0 Å². The number of hydrogen-bond acceptors (Lipinski definition) is 2. The average Bonchev–Trinajstić information content (AvgIpc) is 2.81. The third-order valence-electron chi connectivity index (χ3n) is 3.02. The monoisotopic (exact) mass is 279 g/mol. The Labute approximate surface area is 118 Å². The maximum Gasteiger partial charge on any atom is 0.0578 e. The lowest BCUT2D eigenvalue weighted by atomic mass is 10.1. The number of nitrogens with one attached hydrogen (secondary N) is 1. The molecule has 0 aliphatic rings. The Morgan fingerprint density at radius 1 is 1.28 bits per heavy atom. The van der Waals surface area contributed by atoms with Crippen molar-refractivity contribution in [3.63, 3.8) is 0 Å². The number of thiophene rings is 1. The number of anilines is 1. The van der Waals surface area contributed by atoms with E-state index in [-0.39, 0.29) is 0 Å². The molecule has 0 radical (unpaired) electrons. The summed E-state index contributed by atoms with van der Waals surface area (Å²) in [6.45, 7) is 6.46. The molecule has 96 valence electrons. The fraction of sp³-hybridized carbons (Fsp3) is 0.333. The molecule has 0 aliphatic heterocycles. The van der Waals surface area contributed by atoms with E-state index in [0.717, 1.165) is 17.1 Å². The van der Waals surface area contributed by atoms with Gasteiger partial charge >= 0.3 is 0 Å². The van der Waals surface area contributed by atoms with Crippen LogP contribution in [0.2, 0.25) is 5.02 Å². The van der Waals surface area contributed by atoms with Crippen LogP contribution in [0.3, 0.4) is 0 Å². The largest absolute Gasteiger partial charge is 0.377 e. The van der Waals surface area contributed by atoms with E-state index in [1.165, 1.54) is 15.3 Å². The minimum atomic E-state index is 0.329. The minimum Gasteiger partial charge on any atom is -0.377 e. The molecule has 1 nitrogen and oxygen atoms in total. The number of aryl methyl sites for hydroxylation is 2. The summed E-state index contributed by atoms with van der Waals surface area (Å²) in [5.41, 5.74) is 2.33. The van der Waals surface area contributed by atoms with Crippen LogP contribution in [0.15, 0.2) is 30.3 Å². The van der Waals surface area contributed by atoms with Crippen LogP contribution in [0.25, 0.3) is 0 Å². The van der Waals surface area contributed by atoms with Crippen molar-refractivity contribution < 1.29 is 0 Å². The first-order chi connectivity index (χ1) is 8.60. The number of halogens is 1. The first-order valence-corrected chi connectivity index (χ1v) is 7.41. The van der Waals surface area contributed by atoms with Crippen LogP contribution in [-0.2, 0) is 6.42 Å². The Hall–Kier alpha value is -0.990. The number of hydrogen-bond donors (Lipinski definition) is 1. The van der Waals surface area contributed by atoms with Crippen molar-refractivity contribution in [1.29, 1.82) is 0 Å². The lowest BCUT2D eigenvalue weighted by Gasteiger charge is -2.16. The summed E-state index contributed by atoms with van der Waals surface area (Å²) in [5, 5.41) is 4.33. The van der Waals surface area contributed by atoms with E-state index in [1.807, 2.05) is 29.5 Å². The topological polar surface area (TPSA) is 12.0 Å². The molecular formula is C15H18ClNS. The van der Waals surface area contributed by atoms with Gasteiger partial charge in [-0.05, 0) is 56.2 Å². The Kier molecular flexibility index (Phi) is 4.31. The molecular weight excluding hydrogens is 262 g/mol. The SMILES string of the molecule is CCc1ccc(C(C)Nc2ccc(Cl)cc2C)s1. The molecule has 2 rings (SSSR count). The molecule has 1 aromatic carbocycles. The first-order valence-electron chi connectivity index (χ1n) is 6.21. The van der Waals surface area contributed by atoms with E-state index in [2.05, 4.69) is 38.2 Å². The van der Waals surface area contributed by atoms with E-state index >= 15 is 0 Å².